The van der Waals surface area contributed by atoms with Gasteiger partial charge < -0.3 is 19.5 Å². The van der Waals surface area contributed by atoms with Gasteiger partial charge in [-0.3, -0.25) is 0 Å². The second-order valence-corrected chi connectivity index (χ2v) is 14.2. The van der Waals surface area contributed by atoms with Gasteiger partial charge in [0, 0.05) is 52.3 Å². The maximum Gasteiger partial charge on any atom is 0.237 e. The van der Waals surface area contributed by atoms with Crippen molar-refractivity contribution in [2.24, 2.45) is 0 Å². The summed E-state index contributed by atoms with van der Waals surface area (Å²) in [4.78, 5) is 6.99. The van der Waals surface area contributed by atoms with Crippen molar-refractivity contribution in [2.75, 3.05) is 24.6 Å². The SMILES string of the molecule is [C-]#[N+]C1=C(/C=C/c2ccc(/C=C/c3ccc(N(CCCC)CCCCO)cc3OCc3ccccc3)s2)C(C)(c2c(F)c(F)c(F)c(F)c2F)OC1=C(C#N)C#N. The summed E-state index contributed by atoms with van der Waals surface area (Å²) >= 11 is 1.30. The molecule has 1 aliphatic rings. The van der Waals surface area contributed by atoms with E-state index in [9.17, 15) is 28.8 Å². The molecule has 0 aliphatic carbocycles. The molecule has 1 atom stereocenters. The number of unbranched alkanes of at least 4 members (excludes halogenated alkanes) is 2. The number of nitrogens with zero attached hydrogens (tertiary/aromatic N) is 4. The van der Waals surface area contributed by atoms with Crippen molar-refractivity contribution in [3.63, 3.8) is 0 Å². The highest BCUT2D eigenvalue weighted by Crippen LogP contribution is 2.50. The van der Waals surface area contributed by atoms with Gasteiger partial charge in [-0.15, -0.1) is 11.3 Å². The maximum absolute atomic E-state index is 15.2. The van der Waals surface area contributed by atoms with Crippen molar-refractivity contribution in [1.82, 2.24) is 0 Å². The summed E-state index contributed by atoms with van der Waals surface area (Å²) in [5.74, 6) is -11.2. The van der Waals surface area contributed by atoms with Gasteiger partial charge in [-0.2, -0.15) is 10.5 Å². The maximum atomic E-state index is 15.2. The number of benzene rings is 3. The van der Waals surface area contributed by atoms with Crippen LogP contribution in [0.5, 0.6) is 5.75 Å². The van der Waals surface area contributed by atoms with Crippen molar-refractivity contribution in [2.45, 2.75) is 51.7 Å². The number of hydrogen-bond donors (Lipinski definition) is 1. The topological polar surface area (TPSA) is 93.9 Å². The quantitative estimate of drug-likeness (QED) is 0.0303. The summed E-state index contributed by atoms with van der Waals surface area (Å²) in [5, 5.41) is 28.4. The smallest absolute Gasteiger partial charge is 0.237 e. The van der Waals surface area contributed by atoms with Crippen LogP contribution < -0.4 is 9.64 Å². The van der Waals surface area contributed by atoms with E-state index in [4.69, 9.17) is 16.0 Å². The van der Waals surface area contributed by atoms with Crippen LogP contribution in [0.4, 0.5) is 27.6 Å². The monoisotopic (exact) mass is 796 g/mol. The molecular weight excluding hydrogens is 760 g/mol. The first-order valence-electron chi connectivity index (χ1n) is 18.0. The van der Waals surface area contributed by atoms with Crippen LogP contribution in [0.25, 0.3) is 23.1 Å². The molecule has 0 radical (unpaired) electrons. The van der Waals surface area contributed by atoms with Crippen LogP contribution in [0.15, 0.2) is 89.3 Å². The molecule has 292 valence electrons. The Labute approximate surface area is 332 Å². The number of allylic oxidation sites excluding steroid dienone is 1. The molecule has 1 aromatic heterocycles. The predicted molar refractivity (Wildman–Crippen MR) is 209 cm³/mol. The van der Waals surface area contributed by atoms with Crippen LogP contribution in [-0.4, -0.2) is 24.8 Å². The summed E-state index contributed by atoms with van der Waals surface area (Å²) in [6, 6.07) is 22.4. The van der Waals surface area contributed by atoms with Crippen LogP contribution in [0.3, 0.4) is 0 Å². The molecule has 7 nitrogen and oxygen atoms in total. The Bertz CT molecular complexity index is 2320. The van der Waals surface area contributed by atoms with Crippen molar-refractivity contribution in [3.8, 4) is 17.9 Å². The first-order chi connectivity index (χ1) is 27.5. The van der Waals surface area contributed by atoms with Crippen molar-refractivity contribution in [1.29, 1.82) is 10.5 Å². The molecule has 57 heavy (non-hydrogen) atoms. The van der Waals surface area contributed by atoms with Gasteiger partial charge in [0.05, 0.1) is 12.1 Å². The molecule has 0 amide bonds. The molecule has 2 heterocycles. The zero-order chi connectivity index (χ0) is 41.1. The Morgan fingerprint density at radius 2 is 1.51 bits per heavy atom. The van der Waals surface area contributed by atoms with Gasteiger partial charge in [-0.25, -0.2) is 26.8 Å². The molecule has 1 N–H and O–H groups in total. The fourth-order valence-corrected chi connectivity index (χ4v) is 7.06. The zero-order valence-electron chi connectivity index (χ0n) is 31.1. The summed E-state index contributed by atoms with van der Waals surface area (Å²) in [6.45, 7) is 13.0. The van der Waals surface area contributed by atoms with Gasteiger partial charge in [-0.05, 0) is 74.2 Å². The van der Waals surface area contributed by atoms with E-state index in [-0.39, 0.29) is 12.2 Å². The first kappa shape index (κ1) is 42.0. The molecule has 1 aliphatic heterocycles. The van der Waals surface area contributed by atoms with E-state index in [1.165, 1.54) is 23.5 Å². The highest BCUT2D eigenvalue weighted by molar-refractivity contribution is 7.13. The number of aliphatic hydroxyl groups excluding tert-OH is 1. The third-order valence-electron chi connectivity index (χ3n) is 9.25. The van der Waals surface area contributed by atoms with Crippen molar-refractivity contribution < 1.29 is 36.5 Å². The van der Waals surface area contributed by atoms with E-state index in [1.807, 2.05) is 60.7 Å². The van der Waals surface area contributed by atoms with Gasteiger partial charge in [0.15, 0.2) is 40.2 Å². The minimum atomic E-state index is -2.50. The number of aliphatic hydroxyl groups is 1. The van der Waals surface area contributed by atoms with Crippen molar-refractivity contribution in [3.05, 3.63) is 156 Å². The second kappa shape index (κ2) is 19.1. The lowest BCUT2D eigenvalue weighted by atomic mass is 9.86. The summed E-state index contributed by atoms with van der Waals surface area (Å²) in [7, 11) is 0. The third-order valence-corrected chi connectivity index (χ3v) is 10.3. The average Bonchev–Trinajstić information content (AvgIpc) is 3.80. The molecule has 0 bridgehead atoms. The highest BCUT2D eigenvalue weighted by Gasteiger charge is 2.49. The van der Waals surface area contributed by atoms with Crippen molar-refractivity contribution >= 4 is 35.3 Å². The Morgan fingerprint density at radius 1 is 0.877 bits per heavy atom. The lowest BCUT2D eigenvalue weighted by Gasteiger charge is -2.29. The number of ether oxygens (including phenoxy) is 2. The van der Waals surface area contributed by atoms with Crippen LogP contribution in [0.1, 0.15) is 66.0 Å². The number of thiophene rings is 1. The first-order valence-corrected chi connectivity index (χ1v) is 18.8. The Kier molecular flexibility index (Phi) is 14.1. The van der Waals surface area contributed by atoms with Gasteiger partial charge in [0.2, 0.25) is 11.5 Å². The molecule has 0 fully saturated rings. The summed E-state index contributed by atoms with van der Waals surface area (Å²) in [6.07, 6.45) is 10.1. The molecule has 5 rings (SSSR count). The van der Waals surface area contributed by atoms with E-state index in [1.54, 1.807) is 24.3 Å². The summed E-state index contributed by atoms with van der Waals surface area (Å²) < 4.78 is 85.3. The lowest BCUT2D eigenvalue weighted by Crippen LogP contribution is -2.28. The Balaban J connectivity index is 1.49. The van der Waals surface area contributed by atoms with Crippen LogP contribution >= 0.6 is 11.3 Å². The Hall–Kier alpha value is -6.20. The molecule has 1 unspecified atom stereocenters. The molecular formula is C44H37F5N4O3S. The predicted octanol–water partition coefficient (Wildman–Crippen LogP) is 11.0. The van der Waals surface area contributed by atoms with E-state index in [0.29, 0.717) is 23.7 Å². The van der Waals surface area contributed by atoms with Gasteiger partial charge >= 0.3 is 0 Å². The Morgan fingerprint density at radius 3 is 2.12 bits per heavy atom. The third kappa shape index (κ3) is 9.27. The van der Waals surface area contributed by atoms with Gasteiger partial charge in [0.25, 0.3) is 0 Å². The van der Waals surface area contributed by atoms with Gasteiger partial charge in [-0.1, -0.05) is 49.8 Å². The van der Waals surface area contributed by atoms with Crippen LogP contribution in [0.2, 0.25) is 0 Å². The van der Waals surface area contributed by atoms with E-state index in [2.05, 4.69) is 16.7 Å². The number of halogens is 5. The fraction of sp³-hybridized carbons (Fsp3) is 0.250. The van der Waals surface area contributed by atoms with Gasteiger partial charge in [0.1, 0.15) is 24.5 Å². The normalized spacial score (nSPS) is 15.1. The highest BCUT2D eigenvalue weighted by atomic mass is 32.1. The standard InChI is InChI=1S/C44H37F5N4O3S/c1-4-5-21-53(22-9-10-23-54)31-15-13-29(35(24-31)55-27-28-11-7-6-8-12-28)14-16-32-17-18-33(57-32)19-20-34-42(52-3)43(30(25-50)26-51)56-44(34,2)36-37(45)39(47)41(49)40(48)38(36)46/h6-8,11-20,24,54H,4-5,9-10,21-23,27H2,1-2H3/b16-14+,20-19+. The molecule has 0 saturated carbocycles. The minimum Gasteiger partial charge on any atom is -0.488 e. The number of anilines is 1. The number of nitriles is 2. The van der Waals surface area contributed by atoms with E-state index < -0.39 is 57.3 Å². The van der Waals surface area contributed by atoms with Crippen LogP contribution in [0, 0.1) is 58.3 Å². The second-order valence-electron chi connectivity index (χ2n) is 13.1. The minimum absolute atomic E-state index is 0.132. The average molecular weight is 797 g/mol. The molecule has 13 heteroatoms. The largest absolute Gasteiger partial charge is 0.488 e. The van der Waals surface area contributed by atoms with E-state index in [0.717, 1.165) is 61.0 Å². The van der Waals surface area contributed by atoms with Crippen LogP contribution in [-0.2, 0) is 16.9 Å². The fourth-order valence-electron chi connectivity index (χ4n) is 6.25. The molecule has 3 aromatic carbocycles. The lowest BCUT2D eigenvalue weighted by molar-refractivity contribution is 0.0659. The number of rotatable bonds is 16. The number of hydrogen-bond acceptors (Lipinski definition) is 7. The molecule has 0 saturated heterocycles. The zero-order valence-corrected chi connectivity index (χ0v) is 31.9. The van der Waals surface area contributed by atoms with E-state index >= 15 is 8.78 Å². The molecule has 0 spiro atoms. The summed E-state index contributed by atoms with van der Waals surface area (Å²) in [5.41, 5.74) is -2.62. The molecule has 4 aromatic rings.